The zero-order chi connectivity index (χ0) is 17.9. The van der Waals surface area contributed by atoms with E-state index in [4.69, 9.17) is 4.74 Å². The number of hydrogen-bond donors (Lipinski definition) is 1. The Labute approximate surface area is 149 Å². The lowest BCUT2D eigenvalue weighted by molar-refractivity contribution is 0.0827. The minimum atomic E-state index is -3.74. The molecule has 0 spiro atoms. The summed E-state index contributed by atoms with van der Waals surface area (Å²) in [4.78, 5) is 13.4. The van der Waals surface area contributed by atoms with Crippen LogP contribution in [0.3, 0.4) is 0 Å². The van der Waals surface area contributed by atoms with Gasteiger partial charge in [0.1, 0.15) is 5.75 Å². The van der Waals surface area contributed by atoms with E-state index in [2.05, 4.69) is 20.7 Å². The summed E-state index contributed by atoms with van der Waals surface area (Å²) in [6.45, 7) is 0. The lowest BCUT2D eigenvalue weighted by Gasteiger charge is -2.12. The average Bonchev–Trinajstić information content (AvgIpc) is 2.54. The molecule has 0 fully saturated rings. The first-order valence-corrected chi connectivity index (χ1v) is 9.20. The summed E-state index contributed by atoms with van der Waals surface area (Å²) in [5.74, 6) is 0.393. The van der Waals surface area contributed by atoms with E-state index >= 15 is 0 Å². The molecule has 0 aromatic heterocycles. The van der Waals surface area contributed by atoms with Crippen molar-refractivity contribution in [3.8, 4) is 5.75 Å². The van der Waals surface area contributed by atoms with E-state index in [9.17, 15) is 13.2 Å². The van der Waals surface area contributed by atoms with Gasteiger partial charge in [0.05, 0.1) is 16.5 Å². The maximum Gasteiger partial charge on any atom is 0.261 e. The van der Waals surface area contributed by atoms with E-state index in [0.29, 0.717) is 21.5 Å². The number of carbonyl (C=O) groups excluding carboxylic acids is 1. The summed E-state index contributed by atoms with van der Waals surface area (Å²) >= 11 is 3.26. The van der Waals surface area contributed by atoms with E-state index < -0.39 is 10.0 Å². The Morgan fingerprint density at radius 3 is 2.25 bits per heavy atom. The number of hydrogen-bond acceptors (Lipinski definition) is 4. The number of benzene rings is 2. The van der Waals surface area contributed by atoms with Crippen molar-refractivity contribution in [1.82, 2.24) is 4.90 Å². The zero-order valence-corrected chi connectivity index (χ0v) is 15.8. The molecule has 0 saturated heterocycles. The number of halogens is 1. The second-order valence-electron chi connectivity index (χ2n) is 5.18. The fourth-order valence-electron chi connectivity index (χ4n) is 1.97. The van der Waals surface area contributed by atoms with Crippen LogP contribution in [-0.2, 0) is 10.0 Å². The van der Waals surface area contributed by atoms with Crippen LogP contribution < -0.4 is 9.46 Å². The summed E-state index contributed by atoms with van der Waals surface area (Å²) in [5.41, 5.74) is 0.854. The molecule has 2 aromatic rings. The number of ether oxygens (including phenoxy) is 1. The maximum atomic E-state index is 12.4. The van der Waals surface area contributed by atoms with Gasteiger partial charge in [0, 0.05) is 25.3 Å². The van der Waals surface area contributed by atoms with Crippen LogP contribution in [0.1, 0.15) is 10.4 Å². The Morgan fingerprint density at radius 2 is 1.75 bits per heavy atom. The van der Waals surface area contributed by atoms with Crippen LogP contribution in [0.15, 0.2) is 51.8 Å². The number of sulfonamides is 1. The Morgan fingerprint density at radius 1 is 1.12 bits per heavy atom. The van der Waals surface area contributed by atoms with E-state index in [-0.39, 0.29) is 10.8 Å². The summed E-state index contributed by atoms with van der Waals surface area (Å²) < 4.78 is 33.0. The molecule has 24 heavy (non-hydrogen) atoms. The van der Waals surface area contributed by atoms with Gasteiger partial charge in [-0.05, 0) is 58.4 Å². The molecule has 2 aromatic carbocycles. The summed E-state index contributed by atoms with van der Waals surface area (Å²) in [5, 5.41) is 0. The van der Waals surface area contributed by atoms with E-state index in [1.807, 2.05) is 0 Å². The topological polar surface area (TPSA) is 75.7 Å². The van der Waals surface area contributed by atoms with Crippen LogP contribution in [0.5, 0.6) is 5.75 Å². The van der Waals surface area contributed by atoms with E-state index in [0.717, 1.165) is 0 Å². The third kappa shape index (κ3) is 4.07. The Hall–Kier alpha value is -2.06. The summed E-state index contributed by atoms with van der Waals surface area (Å²) in [6, 6.07) is 10.7. The van der Waals surface area contributed by atoms with Crippen LogP contribution >= 0.6 is 15.9 Å². The van der Waals surface area contributed by atoms with Crippen molar-refractivity contribution < 1.29 is 17.9 Å². The van der Waals surface area contributed by atoms with Crippen LogP contribution in [0.2, 0.25) is 0 Å². The molecule has 128 valence electrons. The highest BCUT2D eigenvalue weighted by molar-refractivity contribution is 9.10. The zero-order valence-electron chi connectivity index (χ0n) is 13.4. The van der Waals surface area contributed by atoms with Crippen LogP contribution in [0, 0.1) is 0 Å². The minimum absolute atomic E-state index is 0.101. The van der Waals surface area contributed by atoms with Crippen molar-refractivity contribution in [2.45, 2.75) is 4.90 Å². The van der Waals surface area contributed by atoms with E-state index in [1.165, 1.54) is 24.1 Å². The number of rotatable bonds is 5. The summed E-state index contributed by atoms with van der Waals surface area (Å²) in [7, 11) is 1.07. The predicted octanol–water partition coefficient (Wildman–Crippen LogP) is 2.96. The third-order valence-corrected chi connectivity index (χ3v) is 5.22. The average molecular weight is 413 g/mol. The molecule has 8 heteroatoms. The molecule has 0 aliphatic rings. The van der Waals surface area contributed by atoms with Gasteiger partial charge in [0.15, 0.2) is 0 Å². The van der Waals surface area contributed by atoms with Crippen molar-refractivity contribution in [3.05, 3.63) is 52.5 Å². The SMILES string of the molecule is COc1ccc(S(=O)(=O)Nc2ccc(C(=O)N(C)C)cc2)cc1Br. The van der Waals surface area contributed by atoms with Crippen molar-refractivity contribution in [1.29, 1.82) is 0 Å². The van der Waals surface area contributed by atoms with Gasteiger partial charge < -0.3 is 9.64 Å². The molecule has 0 atom stereocenters. The lowest BCUT2D eigenvalue weighted by atomic mass is 10.2. The summed E-state index contributed by atoms with van der Waals surface area (Å²) in [6.07, 6.45) is 0. The fourth-order valence-corrected chi connectivity index (χ4v) is 3.74. The molecule has 2 rings (SSSR count). The maximum absolute atomic E-state index is 12.4. The quantitative estimate of drug-likeness (QED) is 0.818. The fraction of sp³-hybridized carbons (Fsp3) is 0.188. The highest BCUT2D eigenvalue weighted by Crippen LogP contribution is 2.28. The van der Waals surface area contributed by atoms with Crippen LogP contribution in [0.25, 0.3) is 0 Å². The Bertz CT molecular complexity index is 849. The number of nitrogens with one attached hydrogen (secondary N) is 1. The lowest BCUT2D eigenvalue weighted by Crippen LogP contribution is -2.21. The first-order valence-electron chi connectivity index (χ1n) is 6.92. The van der Waals surface area contributed by atoms with Gasteiger partial charge in [-0.3, -0.25) is 9.52 Å². The number of methoxy groups -OCH3 is 1. The predicted molar refractivity (Wildman–Crippen MR) is 96.0 cm³/mol. The van der Waals surface area contributed by atoms with Gasteiger partial charge in [-0.25, -0.2) is 8.42 Å². The van der Waals surface area contributed by atoms with Crippen LogP contribution in [0.4, 0.5) is 5.69 Å². The smallest absolute Gasteiger partial charge is 0.261 e. The Kier molecular flexibility index (Phi) is 5.51. The second kappa shape index (κ2) is 7.23. The molecule has 0 bridgehead atoms. The molecule has 1 amide bonds. The molecule has 0 heterocycles. The minimum Gasteiger partial charge on any atom is -0.496 e. The van der Waals surface area contributed by atoms with Gasteiger partial charge in [-0.1, -0.05) is 0 Å². The van der Waals surface area contributed by atoms with Gasteiger partial charge in [0.2, 0.25) is 0 Å². The molecule has 0 unspecified atom stereocenters. The third-order valence-electron chi connectivity index (χ3n) is 3.22. The normalized spacial score (nSPS) is 11.0. The highest BCUT2D eigenvalue weighted by Gasteiger charge is 2.16. The molecule has 0 aliphatic carbocycles. The largest absolute Gasteiger partial charge is 0.496 e. The first kappa shape index (κ1) is 18.3. The van der Waals surface area contributed by atoms with Crippen molar-refractivity contribution in [3.63, 3.8) is 0 Å². The van der Waals surface area contributed by atoms with Gasteiger partial charge in [0.25, 0.3) is 15.9 Å². The van der Waals surface area contributed by atoms with Crippen molar-refractivity contribution in [2.24, 2.45) is 0 Å². The molecule has 0 aliphatic heterocycles. The molecular formula is C16H17BrN2O4S. The number of carbonyl (C=O) groups is 1. The van der Waals surface area contributed by atoms with Gasteiger partial charge >= 0.3 is 0 Å². The molecule has 6 nitrogen and oxygen atoms in total. The molecule has 1 N–H and O–H groups in total. The molecule has 0 saturated carbocycles. The molecular weight excluding hydrogens is 396 g/mol. The van der Waals surface area contributed by atoms with Crippen molar-refractivity contribution in [2.75, 3.05) is 25.9 Å². The van der Waals surface area contributed by atoms with Crippen LogP contribution in [-0.4, -0.2) is 40.4 Å². The monoisotopic (exact) mass is 412 g/mol. The second-order valence-corrected chi connectivity index (χ2v) is 7.72. The molecule has 0 radical (unpaired) electrons. The van der Waals surface area contributed by atoms with Gasteiger partial charge in [-0.2, -0.15) is 0 Å². The van der Waals surface area contributed by atoms with Gasteiger partial charge in [-0.15, -0.1) is 0 Å². The van der Waals surface area contributed by atoms with Crippen molar-refractivity contribution >= 4 is 37.5 Å². The standard InChI is InChI=1S/C16H17BrN2O4S/c1-19(2)16(20)11-4-6-12(7-5-11)18-24(21,22)13-8-9-15(23-3)14(17)10-13/h4-10,18H,1-3H3. The van der Waals surface area contributed by atoms with E-state index in [1.54, 1.807) is 44.4 Å². The first-order chi connectivity index (χ1) is 11.2. The number of anilines is 1. The number of amides is 1. The Balaban J connectivity index is 2.23. The number of nitrogens with zero attached hydrogens (tertiary/aromatic N) is 1. The highest BCUT2D eigenvalue weighted by atomic mass is 79.9.